The summed E-state index contributed by atoms with van der Waals surface area (Å²) < 4.78 is 0. The number of aliphatic hydroxyl groups excluding tert-OH is 1. The summed E-state index contributed by atoms with van der Waals surface area (Å²) >= 11 is 0. The molecule has 5 atom stereocenters. The molecule has 1 saturated carbocycles. The largest absolute Gasteiger partial charge is 0.393 e. The monoisotopic (exact) mass is 197 g/mol. The minimum atomic E-state index is -0.119. The van der Waals surface area contributed by atoms with Crippen molar-refractivity contribution in [3.63, 3.8) is 0 Å². The third kappa shape index (κ3) is 1.70. The highest BCUT2D eigenvalue weighted by molar-refractivity contribution is 4.97. The van der Waals surface area contributed by atoms with Gasteiger partial charge in [0.2, 0.25) is 0 Å². The average Bonchev–Trinajstić information content (AvgIpc) is 2.76. The first-order valence-corrected chi connectivity index (χ1v) is 6.15. The molecule has 2 heteroatoms. The van der Waals surface area contributed by atoms with Crippen molar-refractivity contribution >= 4 is 0 Å². The Morgan fingerprint density at radius 2 is 2.21 bits per heavy atom. The number of rotatable bonds is 3. The number of fused-ring (bicyclic) bond motifs is 1. The molecule has 0 amide bonds. The highest BCUT2D eigenvalue weighted by Gasteiger charge is 2.42. The van der Waals surface area contributed by atoms with E-state index in [2.05, 4.69) is 19.2 Å². The van der Waals surface area contributed by atoms with Gasteiger partial charge in [-0.15, -0.1) is 0 Å². The summed E-state index contributed by atoms with van der Waals surface area (Å²) in [4.78, 5) is 0. The van der Waals surface area contributed by atoms with Crippen molar-refractivity contribution in [2.45, 2.75) is 51.7 Å². The fraction of sp³-hybridized carbons (Fsp3) is 1.00. The quantitative estimate of drug-likeness (QED) is 0.723. The fourth-order valence-corrected chi connectivity index (χ4v) is 3.42. The molecule has 2 rings (SSSR count). The average molecular weight is 197 g/mol. The maximum atomic E-state index is 9.87. The highest BCUT2D eigenvalue weighted by atomic mass is 16.3. The Kier molecular flexibility index (Phi) is 3.13. The van der Waals surface area contributed by atoms with E-state index in [9.17, 15) is 5.11 Å². The third-order valence-electron chi connectivity index (χ3n) is 4.39. The molecule has 5 unspecified atom stereocenters. The molecule has 14 heavy (non-hydrogen) atoms. The second-order valence-electron chi connectivity index (χ2n) is 5.12. The van der Waals surface area contributed by atoms with Crippen LogP contribution in [-0.2, 0) is 0 Å². The van der Waals surface area contributed by atoms with E-state index < -0.39 is 0 Å². The van der Waals surface area contributed by atoms with Gasteiger partial charge < -0.3 is 10.4 Å². The van der Waals surface area contributed by atoms with Crippen LogP contribution in [0.1, 0.15) is 39.5 Å². The van der Waals surface area contributed by atoms with Crippen molar-refractivity contribution < 1.29 is 5.11 Å². The van der Waals surface area contributed by atoms with Crippen LogP contribution >= 0.6 is 0 Å². The van der Waals surface area contributed by atoms with Crippen molar-refractivity contribution in [2.75, 3.05) is 6.54 Å². The Bertz CT molecular complexity index is 195. The van der Waals surface area contributed by atoms with Crippen molar-refractivity contribution in [1.82, 2.24) is 5.32 Å². The van der Waals surface area contributed by atoms with E-state index >= 15 is 0 Å². The second kappa shape index (κ2) is 4.19. The zero-order valence-corrected chi connectivity index (χ0v) is 9.37. The van der Waals surface area contributed by atoms with Gasteiger partial charge in [-0.05, 0) is 43.6 Å². The number of aliphatic hydroxyl groups is 1. The molecule has 1 heterocycles. The Balaban J connectivity index is 1.97. The SMILES string of the molecule is CCC(O)C(C)C1NCC2CCCC21. The van der Waals surface area contributed by atoms with E-state index in [4.69, 9.17) is 0 Å². The van der Waals surface area contributed by atoms with Crippen LogP contribution in [0, 0.1) is 17.8 Å². The summed E-state index contributed by atoms with van der Waals surface area (Å²) in [5, 5.41) is 13.5. The molecule has 1 aliphatic heterocycles. The zero-order valence-electron chi connectivity index (χ0n) is 9.37. The van der Waals surface area contributed by atoms with Gasteiger partial charge in [-0.25, -0.2) is 0 Å². The molecule has 0 aromatic heterocycles. The molecule has 2 aliphatic rings. The number of nitrogens with one attached hydrogen (secondary N) is 1. The number of hydrogen-bond acceptors (Lipinski definition) is 2. The molecule has 2 nitrogen and oxygen atoms in total. The Morgan fingerprint density at radius 1 is 1.43 bits per heavy atom. The number of hydrogen-bond donors (Lipinski definition) is 2. The first-order chi connectivity index (χ1) is 6.74. The molecule has 0 aromatic rings. The molecule has 0 bridgehead atoms. The summed E-state index contributed by atoms with van der Waals surface area (Å²) in [6.07, 6.45) is 4.96. The van der Waals surface area contributed by atoms with Crippen LogP contribution in [0.25, 0.3) is 0 Å². The predicted octanol–water partition coefficient (Wildman–Crippen LogP) is 1.78. The van der Waals surface area contributed by atoms with Crippen LogP contribution in [0.3, 0.4) is 0 Å². The minimum absolute atomic E-state index is 0.119. The van der Waals surface area contributed by atoms with Crippen molar-refractivity contribution in [3.8, 4) is 0 Å². The van der Waals surface area contributed by atoms with Crippen LogP contribution in [0.15, 0.2) is 0 Å². The van der Waals surface area contributed by atoms with Gasteiger partial charge in [0.1, 0.15) is 0 Å². The van der Waals surface area contributed by atoms with E-state index in [1.807, 2.05) is 0 Å². The molecule has 2 fully saturated rings. The van der Waals surface area contributed by atoms with Crippen LogP contribution in [0.2, 0.25) is 0 Å². The van der Waals surface area contributed by atoms with Gasteiger partial charge in [0, 0.05) is 6.04 Å². The van der Waals surface area contributed by atoms with Crippen LogP contribution in [0.4, 0.5) is 0 Å². The lowest BCUT2D eigenvalue weighted by molar-refractivity contribution is 0.0829. The summed E-state index contributed by atoms with van der Waals surface area (Å²) in [6.45, 7) is 5.46. The maximum absolute atomic E-state index is 9.87. The predicted molar refractivity (Wildman–Crippen MR) is 58.1 cm³/mol. The van der Waals surface area contributed by atoms with Crippen LogP contribution < -0.4 is 5.32 Å². The van der Waals surface area contributed by atoms with E-state index in [1.54, 1.807) is 0 Å². The van der Waals surface area contributed by atoms with Gasteiger partial charge in [0.05, 0.1) is 6.10 Å². The fourth-order valence-electron chi connectivity index (χ4n) is 3.42. The molecule has 0 radical (unpaired) electrons. The van der Waals surface area contributed by atoms with Gasteiger partial charge in [-0.2, -0.15) is 0 Å². The summed E-state index contributed by atoms with van der Waals surface area (Å²) in [6, 6.07) is 0.581. The molecule has 0 aromatic carbocycles. The third-order valence-corrected chi connectivity index (χ3v) is 4.39. The summed E-state index contributed by atoms with van der Waals surface area (Å²) in [5.74, 6) is 2.19. The zero-order chi connectivity index (χ0) is 10.1. The second-order valence-corrected chi connectivity index (χ2v) is 5.12. The summed E-state index contributed by atoms with van der Waals surface area (Å²) in [7, 11) is 0. The van der Waals surface area contributed by atoms with E-state index in [-0.39, 0.29) is 6.10 Å². The normalized spacial score (nSPS) is 40.9. The first-order valence-electron chi connectivity index (χ1n) is 6.15. The Hall–Kier alpha value is -0.0800. The molecule has 0 spiro atoms. The van der Waals surface area contributed by atoms with E-state index in [1.165, 1.54) is 25.8 Å². The van der Waals surface area contributed by atoms with E-state index in [0.717, 1.165) is 18.3 Å². The van der Waals surface area contributed by atoms with Crippen LogP contribution in [-0.4, -0.2) is 23.8 Å². The molecular formula is C12H23NO. The minimum Gasteiger partial charge on any atom is -0.393 e. The molecular weight excluding hydrogens is 174 g/mol. The lowest BCUT2D eigenvalue weighted by Crippen LogP contribution is -2.39. The van der Waals surface area contributed by atoms with Crippen LogP contribution in [0.5, 0.6) is 0 Å². The highest BCUT2D eigenvalue weighted by Crippen LogP contribution is 2.40. The first kappa shape index (κ1) is 10.4. The van der Waals surface area contributed by atoms with Crippen molar-refractivity contribution in [2.24, 2.45) is 17.8 Å². The summed E-state index contributed by atoms with van der Waals surface area (Å²) in [5.41, 5.74) is 0. The van der Waals surface area contributed by atoms with Crippen molar-refractivity contribution in [1.29, 1.82) is 0 Å². The molecule has 82 valence electrons. The standard InChI is InChI=1S/C12H23NO/c1-3-11(14)8(2)12-10-6-4-5-9(10)7-13-12/h8-14H,3-7H2,1-2H3. The van der Waals surface area contributed by atoms with Crippen molar-refractivity contribution in [3.05, 3.63) is 0 Å². The van der Waals surface area contributed by atoms with Gasteiger partial charge in [-0.3, -0.25) is 0 Å². The maximum Gasteiger partial charge on any atom is 0.0578 e. The van der Waals surface area contributed by atoms with Gasteiger partial charge in [0.25, 0.3) is 0 Å². The molecule has 1 aliphatic carbocycles. The van der Waals surface area contributed by atoms with Gasteiger partial charge in [0.15, 0.2) is 0 Å². The lowest BCUT2D eigenvalue weighted by atomic mass is 9.83. The smallest absolute Gasteiger partial charge is 0.0578 e. The van der Waals surface area contributed by atoms with E-state index in [0.29, 0.717) is 12.0 Å². The Morgan fingerprint density at radius 3 is 2.93 bits per heavy atom. The van der Waals surface area contributed by atoms with Gasteiger partial charge in [-0.1, -0.05) is 20.3 Å². The lowest BCUT2D eigenvalue weighted by Gasteiger charge is -2.28. The molecule has 1 saturated heterocycles. The van der Waals surface area contributed by atoms with Gasteiger partial charge >= 0.3 is 0 Å². The topological polar surface area (TPSA) is 32.3 Å². The molecule has 2 N–H and O–H groups in total. The Labute approximate surface area is 87.1 Å².